The average Bonchev–Trinajstić information content (AvgIpc) is 2.97. The minimum atomic E-state index is 0. The van der Waals surface area contributed by atoms with E-state index in [0.717, 1.165) is 25.8 Å². The number of unbranched alkanes of at least 4 members (excludes halogenated alkanes) is 5. The molecule has 0 aliphatic rings. The van der Waals surface area contributed by atoms with Crippen molar-refractivity contribution in [2.75, 3.05) is 13.1 Å². The van der Waals surface area contributed by atoms with Gasteiger partial charge in [0.25, 0.3) is 0 Å². The third kappa shape index (κ3) is 15.1. The third-order valence-electron chi connectivity index (χ3n) is 3.72. The second-order valence-corrected chi connectivity index (χ2v) is 7.21. The van der Waals surface area contributed by atoms with Gasteiger partial charge in [0.05, 0.1) is 0 Å². The molecule has 9 heteroatoms. The second kappa shape index (κ2) is 17.2. The van der Waals surface area contributed by atoms with E-state index in [4.69, 9.17) is 22.9 Å². The van der Waals surface area contributed by atoms with Crippen LogP contribution in [-0.4, -0.2) is 25.0 Å². The Labute approximate surface area is 173 Å². The molecule has 0 saturated carbocycles. The van der Waals surface area contributed by atoms with Crippen LogP contribution in [0.5, 0.6) is 0 Å². The summed E-state index contributed by atoms with van der Waals surface area (Å²) in [4.78, 5) is 10.9. The van der Waals surface area contributed by atoms with Crippen molar-refractivity contribution in [1.29, 1.82) is 0 Å². The highest BCUT2D eigenvalue weighted by atomic mass is 35.5. The Morgan fingerprint density at radius 2 is 1.08 bits per heavy atom. The van der Waals surface area contributed by atoms with Crippen molar-refractivity contribution < 1.29 is 0 Å². The number of aliphatic imine (C=N–C) groups is 2. The van der Waals surface area contributed by atoms with Crippen molar-refractivity contribution in [2.45, 2.75) is 57.8 Å². The zero-order chi connectivity index (χ0) is 17.6. The van der Waals surface area contributed by atoms with Gasteiger partial charge in [0, 0.05) is 22.8 Å². The van der Waals surface area contributed by atoms with E-state index in [0.29, 0.717) is 6.54 Å². The van der Waals surface area contributed by atoms with Gasteiger partial charge in [-0.1, -0.05) is 25.7 Å². The maximum absolute atomic E-state index is 5.32. The summed E-state index contributed by atoms with van der Waals surface area (Å²) in [5, 5.41) is 0. The molecule has 0 spiro atoms. The number of rotatable bonds is 13. The molecular formula is C17H34Cl2N6S. The van der Waals surface area contributed by atoms with E-state index in [2.05, 4.69) is 22.1 Å². The van der Waals surface area contributed by atoms with Crippen LogP contribution in [0, 0.1) is 0 Å². The smallest absolute Gasteiger partial charge is 0.185 e. The number of nitrogens with zero attached hydrogens (tertiary/aromatic N) is 2. The fourth-order valence-electron chi connectivity index (χ4n) is 2.48. The van der Waals surface area contributed by atoms with Crippen molar-refractivity contribution in [2.24, 2.45) is 32.9 Å². The van der Waals surface area contributed by atoms with E-state index in [1.807, 2.05) is 11.3 Å². The number of hydrogen-bond acceptors (Lipinski definition) is 3. The molecular weight excluding hydrogens is 391 g/mol. The maximum Gasteiger partial charge on any atom is 0.185 e. The third-order valence-corrected chi connectivity index (χ3v) is 4.92. The lowest BCUT2D eigenvalue weighted by Gasteiger charge is -2.00. The largest absolute Gasteiger partial charge is 0.370 e. The van der Waals surface area contributed by atoms with Crippen molar-refractivity contribution in [3.63, 3.8) is 0 Å². The Balaban J connectivity index is 0. The van der Waals surface area contributed by atoms with E-state index >= 15 is 0 Å². The number of thiophene rings is 1. The van der Waals surface area contributed by atoms with Gasteiger partial charge in [0.1, 0.15) is 0 Å². The number of nitrogens with two attached hydrogens (primary N) is 4. The van der Waals surface area contributed by atoms with Gasteiger partial charge in [0.15, 0.2) is 11.9 Å². The molecule has 0 amide bonds. The molecule has 0 radical (unpaired) electrons. The summed E-state index contributed by atoms with van der Waals surface area (Å²) in [5.74, 6) is 0.375. The Bertz CT molecular complexity index is 511. The van der Waals surface area contributed by atoms with Crippen molar-refractivity contribution in [1.82, 2.24) is 0 Å². The Hall–Kier alpha value is -1.18. The minimum Gasteiger partial charge on any atom is -0.370 e. The summed E-state index contributed by atoms with van der Waals surface area (Å²) in [6.07, 6.45) is 10.6. The van der Waals surface area contributed by atoms with Gasteiger partial charge in [-0.05, 0) is 44.2 Å². The standard InChI is InChI=1S/C17H32N6S.2ClH/c18-16(19)22-12-6-4-2-1-3-5-8-14-10-11-15(24-14)9-7-13-23-17(20)21;;/h10-11H,1-9,12-13H2,(H4,18,19,22)(H4,20,21,23);2*1H. The molecule has 0 fully saturated rings. The summed E-state index contributed by atoms with van der Waals surface area (Å²) >= 11 is 1.92. The normalized spacial score (nSPS) is 9.69. The number of halogens is 2. The van der Waals surface area contributed by atoms with Crippen LogP contribution in [0.25, 0.3) is 0 Å². The van der Waals surface area contributed by atoms with Crippen LogP contribution in [-0.2, 0) is 12.8 Å². The predicted octanol–water partition coefficient (Wildman–Crippen LogP) is 2.95. The lowest BCUT2D eigenvalue weighted by molar-refractivity contribution is 0.599. The quantitative estimate of drug-likeness (QED) is 0.220. The van der Waals surface area contributed by atoms with Gasteiger partial charge in [-0.2, -0.15) is 0 Å². The molecule has 0 bridgehead atoms. The summed E-state index contributed by atoms with van der Waals surface area (Å²) in [6.45, 7) is 1.46. The summed E-state index contributed by atoms with van der Waals surface area (Å²) < 4.78 is 0. The topological polar surface area (TPSA) is 129 Å². The van der Waals surface area contributed by atoms with Crippen molar-refractivity contribution >= 4 is 48.1 Å². The molecule has 152 valence electrons. The number of guanidine groups is 2. The number of aryl methyl sites for hydroxylation is 2. The molecule has 6 nitrogen and oxygen atoms in total. The molecule has 1 heterocycles. The Kier molecular flexibility index (Phi) is 17.9. The Morgan fingerprint density at radius 3 is 1.62 bits per heavy atom. The SMILES string of the molecule is Cl.Cl.NC(N)=NCCCCCCCCc1ccc(CCCN=C(N)N)s1. The zero-order valence-corrected chi connectivity index (χ0v) is 17.8. The van der Waals surface area contributed by atoms with E-state index in [1.165, 1.54) is 48.3 Å². The molecule has 26 heavy (non-hydrogen) atoms. The van der Waals surface area contributed by atoms with Crippen LogP contribution in [0.4, 0.5) is 0 Å². The van der Waals surface area contributed by atoms with Crippen LogP contribution in [0.2, 0.25) is 0 Å². The first-order chi connectivity index (χ1) is 11.6. The van der Waals surface area contributed by atoms with Gasteiger partial charge < -0.3 is 22.9 Å². The van der Waals surface area contributed by atoms with E-state index in [1.54, 1.807) is 0 Å². The molecule has 0 aliphatic heterocycles. The molecule has 8 N–H and O–H groups in total. The highest BCUT2D eigenvalue weighted by molar-refractivity contribution is 7.11. The van der Waals surface area contributed by atoms with Crippen LogP contribution < -0.4 is 22.9 Å². The Morgan fingerprint density at radius 1 is 0.654 bits per heavy atom. The van der Waals surface area contributed by atoms with Gasteiger partial charge in [-0.15, -0.1) is 36.2 Å². The van der Waals surface area contributed by atoms with Gasteiger partial charge in [0.2, 0.25) is 0 Å². The first-order valence-electron chi connectivity index (χ1n) is 8.76. The van der Waals surface area contributed by atoms with Crippen molar-refractivity contribution in [3.8, 4) is 0 Å². The number of hydrogen-bond donors (Lipinski definition) is 4. The molecule has 1 rings (SSSR count). The second-order valence-electron chi connectivity index (χ2n) is 5.96. The van der Waals surface area contributed by atoms with Gasteiger partial charge in [-0.25, -0.2) is 0 Å². The monoisotopic (exact) mass is 424 g/mol. The molecule has 0 aromatic carbocycles. The summed E-state index contributed by atoms with van der Waals surface area (Å²) in [7, 11) is 0. The summed E-state index contributed by atoms with van der Waals surface area (Å²) in [5.41, 5.74) is 21.2. The molecule has 1 aromatic heterocycles. The van der Waals surface area contributed by atoms with Gasteiger partial charge >= 0.3 is 0 Å². The fraction of sp³-hybridized carbons (Fsp3) is 0.647. The predicted molar refractivity (Wildman–Crippen MR) is 120 cm³/mol. The lowest BCUT2D eigenvalue weighted by Crippen LogP contribution is -2.23. The lowest BCUT2D eigenvalue weighted by atomic mass is 10.1. The molecule has 0 unspecified atom stereocenters. The first kappa shape index (κ1) is 27.0. The van der Waals surface area contributed by atoms with Crippen LogP contribution in [0.1, 0.15) is 54.7 Å². The molecule has 0 atom stereocenters. The first-order valence-corrected chi connectivity index (χ1v) is 9.58. The highest BCUT2D eigenvalue weighted by Crippen LogP contribution is 2.20. The van der Waals surface area contributed by atoms with E-state index in [-0.39, 0.29) is 36.7 Å². The van der Waals surface area contributed by atoms with Crippen LogP contribution >= 0.6 is 36.2 Å². The van der Waals surface area contributed by atoms with E-state index in [9.17, 15) is 0 Å². The minimum absolute atomic E-state index is 0. The molecule has 0 saturated heterocycles. The highest BCUT2D eigenvalue weighted by Gasteiger charge is 2.01. The maximum atomic E-state index is 5.32. The van der Waals surface area contributed by atoms with Crippen molar-refractivity contribution in [3.05, 3.63) is 21.9 Å². The zero-order valence-electron chi connectivity index (χ0n) is 15.4. The average molecular weight is 425 g/mol. The molecule has 0 aliphatic carbocycles. The fourth-order valence-corrected chi connectivity index (χ4v) is 3.58. The summed E-state index contributed by atoms with van der Waals surface area (Å²) in [6, 6.07) is 4.50. The van der Waals surface area contributed by atoms with E-state index < -0.39 is 0 Å². The van der Waals surface area contributed by atoms with Crippen LogP contribution in [0.15, 0.2) is 22.1 Å². The van der Waals surface area contributed by atoms with Crippen LogP contribution in [0.3, 0.4) is 0 Å². The van der Waals surface area contributed by atoms with Gasteiger partial charge in [-0.3, -0.25) is 9.98 Å². The molecule has 1 aromatic rings.